The van der Waals surface area contributed by atoms with Gasteiger partial charge in [0, 0.05) is 25.8 Å². The van der Waals surface area contributed by atoms with Gasteiger partial charge in [0.1, 0.15) is 0 Å². The maximum Gasteiger partial charge on any atom is 0.0637 e. The van der Waals surface area contributed by atoms with E-state index >= 15 is 0 Å². The van der Waals surface area contributed by atoms with E-state index in [1.54, 1.807) is 7.11 Å². The van der Waals surface area contributed by atoms with E-state index in [1.807, 2.05) is 0 Å². The maximum absolute atomic E-state index is 5.55. The molecule has 0 aromatic carbocycles. The average molecular weight is 229 g/mol. The number of hydrogen-bond donors (Lipinski definition) is 1. The Morgan fingerprint density at radius 1 is 1.38 bits per heavy atom. The SMILES string of the molecule is CCOC1CC(NC(C)CC(C)(C)OC)C1. The van der Waals surface area contributed by atoms with Crippen molar-refractivity contribution in [2.24, 2.45) is 0 Å². The van der Waals surface area contributed by atoms with Gasteiger partial charge in [0.2, 0.25) is 0 Å². The van der Waals surface area contributed by atoms with Crippen molar-refractivity contribution >= 4 is 0 Å². The van der Waals surface area contributed by atoms with Crippen LogP contribution < -0.4 is 5.32 Å². The van der Waals surface area contributed by atoms with E-state index in [0.717, 1.165) is 25.9 Å². The van der Waals surface area contributed by atoms with Gasteiger partial charge in [-0.3, -0.25) is 0 Å². The van der Waals surface area contributed by atoms with Crippen LogP contribution in [-0.2, 0) is 9.47 Å². The molecule has 0 aromatic heterocycles. The number of nitrogens with one attached hydrogen (secondary N) is 1. The van der Waals surface area contributed by atoms with Gasteiger partial charge >= 0.3 is 0 Å². The first-order valence-corrected chi connectivity index (χ1v) is 6.39. The maximum atomic E-state index is 5.55. The monoisotopic (exact) mass is 229 g/mol. The molecule has 1 saturated carbocycles. The van der Waals surface area contributed by atoms with Crippen LogP contribution >= 0.6 is 0 Å². The average Bonchev–Trinajstić information content (AvgIpc) is 2.14. The highest BCUT2D eigenvalue weighted by atomic mass is 16.5. The fourth-order valence-corrected chi connectivity index (χ4v) is 2.36. The van der Waals surface area contributed by atoms with Gasteiger partial charge in [0.15, 0.2) is 0 Å². The van der Waals surface area contributed by atoms with E-state index in [2.05, 4.69) is 33.0 Å². The molecule has 1 aliphatic rings. The summed E-state index contributed by atoms with van der Waals surface area (Å²) in [4.78, 5) is 0. The van der Waals surface area contributed by atoms with Gasteiger partial charge in [0.25, 0.3) is 0 Å². The summed E-state index contributed by atoms with van der Waals surface area (Å²) in [5, 5.41) is 3.64. The Bertz CT molecular complexity index is 200. The third-order valence-electron chi connectivity index (χ3n) is 3.37. The van der Waals surface area contributed by atoms with Crippen LogP contribution in [0.25, 0.3) is 0 Å². The van der Waals surface area contributed by atoms with Crippen molar-refractivity contribution in [3.8, 4) is 0 Å². The summed E-state index contributed by atoms with van der Waals surface area (Å²) in [6.07, 6.45) is 3.85. The van der Waals surface area contributed by atoms with Crippen LogP contribution in [-0.4, -0.2) is 37.5 Å². The van der Waals surface area contributed by atoms with Crippen molar-refractivity contribution in [2.45, 2.75) is 70.7 Å². The molecule has 0 spiro atoms. The van der Waals surface area contributed by atoms with Crippen molar-refractivity contribution < 1.29 is 9.47 Å². The lowest BCUT2D eigenvalue weighted by Gasteiger charge is -2.38. The summed E-state index contributed by atoms with van der Waals surface area (Å²) in [7, 11) is 1.78. The molecular formula is C13H27NO2. The topological polar surface area (TPSA) is 30.5 Å². The highest BCUT2D eigenvalue weighted by Gasteiger charge is 2.31. The molecule has 1 unspecified atom stereocenters. The molecule has 1 fully saturated rings. The first kappa shape index (κ1) is 13.9. The fraction of sp³-hybridized carbons (Fsp3) is 1.00. The zero-order chi connectivity index (χ0) is 12.2. The fourth-order valence-electron chi connectivity index (χ4n) is 2.36. The first-order chi connectivity index (χ1) is 7.46. The van der Waals surface area contributed by atoms with Gasteiger partial charge in [-0.15, -0.1) is 0 Å². The summed E-state index contributed by atoms with van der Waals surface area (Å²) < 4.78 is 11.0. The lowest BCUT2D eigenvalue weighted by Crippen LogP contribution is -2.50. The molecule has 3 heteroatoms. The largest absolute Gasteiger partial charge is 0.379 e. The number of hydrogen-bond acceptors (Lipinski definition) is 3. The zero-order valence-corrected chi connectivity index (χ0v) is 11.4. The number of rotatable bonds is 7. The molecule has 1 aliphatic carbocycles. The second-order valence-electron chi connectivity index (χ2n) is 5.48. The standard InChI is InChI=1S/C13H27NO2/c1-6-16-12-7-11(8-12)14-10(2)9-13(3,4)15-5/h10-12,14H,6-9H2,1-5H3. The quantitative estimate of drug-likeness (QED) is 0.727. The predicted molar refractivity (Wildman–Crippen MR) is 66.7 cm³/mol. The molecule has 0 aliphatic heterocycles. The lowest BCUT2D eigenvalue weighted by atomic mass is 9.87. The molecule has 0 radical (unpaired) electrons. The molecule has 0 saturated heterocycles. The molecule has 3 nitrogen and oxygen atoms in total. The molecule has 1 atom stereocenters. The number of methoxy groups -OCH3 is 1. The second kappa shape index (κ2) is 5.99. The van der Waals surface area contributed by atoms with Gasteiger partial charge in [-0.05, 0) is 47.0 Å². The molecule has 0 aromatic rings. The molecule has 1 rings (SSSR count). The Labute approximate surface area is 99.9 Å². The summed E-state index contributed by atoms with van der Waals surface area (Å²) >= 11 is 0. The van der Waals surface area contributed by atoms with Crippen LogP contribution in [0, 0.1) is 0 Å². The Balaban J connectivity index is 2.14. The minimum Gasteiger partial charge on any atom is -0.379 e. The van der Waals surface area contributed by atoms with Gasteiger partial charge in [-0.1, -0.05) is 0 Å². The van der Waals surface area contributed by atoms with E-state index in [9.17, 15) is 0 Å². The minimum atomic E-state index is -0.0323. The summed E-state index contributed by atoms with van der Waals surface area (Å²) in [6.45, 7) is 9.40. The zero-order valence-electron chi connectivity index (χ0n) is 11.4. The summed E-state index contributed by atoms with van der Waals surface area (Å²) in [5.41, 5.74) is -0.0323. The molecule has 16 heavy (non-hydrogen) atoms. The molecule has 0 bridgehead atoms. The molecule has 0 heterocycles. The van der Waals surface area contributed by atoms with Gasteiger partial charge in [0.05, 0.1) is 11.7 Å². The highest BCUT2D eigenvalue weighted by Crippen LogP contribution is 2.25. The predicted octanol–water partition coefficient (Wildman–Crippen LogP) is 2.35. The lowest BCUT2D eigenvalue weighted by molar-refractivity contribution is -0.0202. The van der Waals surface area contributed by atoms with E-state index in [-0.39, 0.29) is 5.60 Å². The van der Waals surface area contributed by atoms with Gasteiger partial charge < -0.3 is 14.8 Å². The van der Waals surface area contributed by atoms with E-state index < -0.39 is 0 Å². The Kier molecular flexibility index (Phi) is 5.22. The van der Waals surface area contributed by atoms with Crippen LogP contribution in [0.4, 0.5) is 0 Å². The van der Waals surface area contributed by atoms with Gasteiger partial charge in [-0.2, -0.15) is 0 Å². The van der Waals surface area contributed by atoms with Crippen molar-refractivity contribution in [1.29, 1.82) is 0 Å². The molecule has 96 valence electrons. The van der Waals surface area contributed by atoms with Crippen LogP contribution in [0.1, 0.15) is 47.0 Å². The van der Waals surface area contributed by atoms with Crippen molar-refractivity contribution in [3.05, 3.63) is 0 Å². The minimum absolute atomic E-state index is 0.0323. The highest BCUT2D eigenvalue weighted by molar-refractivity contribution is 4.88. The third kappa shape index (κ3) is 4.40. The first-order valence-electron chi connectivity index (χ1n) is 6.39. The molecule has 1 N–H and O–H groups in total. The van der Waals surface area contributed by atoms with Crippen LogP contribution in [0.3, 0.4) is 0 Å². The van der Waals surface area contributed by atoms with Crippen molar-refractivity contribution in [3.63, 3.8) is 0 Å². The Hall–Kier alpha value is -0.120. The van der Waals surface area contributed by atoms with E-state index in [4.69, 9.17) is 9.47 Å². The van der Waals surface area contributed by atoms with Crippen molar-refractivity contribution in [2.75, 3.05) is 13.7 Å². The van der Waals surface area contributed by atoms with Crippen LogP contribution in [0.15, 0.2) is 0 Å². The van der Waals surface area contributed by atoms with Crippen LogP contribution in [0.5, 0.6) is 0 Å². The Morgan fingerprint density at radius 3 is 2.50 bits per heavy atom. The number of ether oxygens (including phenoxy) is 2. The molecular weight excluding hydrogens is 202 g/mol. The Morgan fingerprint density at radius 2 is 2.00 bits per heavy atom. The second-order valence-corrected chi connectivity index (χ2v) is 5.48. The van der Waals surface area contributed by atoms with Gasteiger partial charge in [-0.25, -0.2) is 0 Å². The van der Waals surface area contributed by atoms with Crippen molar-refractivity contribution in [1.82, 2.24) is 5.32 Å². The molecule has 0 amide bonds. The summed E-state index contributed by atoms with van der Waals surface area (Å²) in [6, 6.07) is 1.14. The van der Waals surface area contributed by atoms with E-state index in [0.29, 0.717) is 18.2 Å². The smallest absolute Gasteiger partial charge is 0.0637 e. The normalized spacial score (nSPS) is 27.6. The third-order valence-corrected chi connectivity index (χ3v) is 3.37. The summed E-state index contributed by atoms with van der Waals surface area (Å²) in [5.74, 6) is 0. The van der Waals surface area contributed by atoms with Crippen LogP contribution in [0.2, 0.25) is 0 Å². The van der Waals surface area contributed by atoms with E-state index in [1.165, 1.54) is 0 Å².